The molecule has 0 saturated heterocycles. The largest absolute Gasteiger partial charge is 0.355 e. The number of H-pyrrole nitrogens is 1. The first-order valence-electron chi connectivity index (χ1n) is 8.43. The molecule has 1 atom stereocenters. The molecule has 2 aromatic carbocycles. The molecule has 0 saturated carbocycles. The summed E-state index contributed by atoms with van der Waals surface area (Å²) in [6, 6.07) is 17.3. The Bertz CT molecular complexity index is 919. The number of nitrogens with one attached hydrogen (secondary N) is 2. The van der Waals surface area contributed by atoms with E-state index in [1.165, 1.54) is 5.56 Å². The minimum Gasteiger partial charge on any atom is -0.355 e. The van der Waals surface area contributed by atoms with Gasteiger partial charge in [-0.3, -0.25) is 9.59 Å². The zero-order valence-electron chi connectivity index (χ0n) is 14.2. The second-order valence-corrected chi connectivity index (χ2v) is 6.15. The van der Waals surface area contributed by atoms with Crippen molar-refractivity contribution in [1.82, 2.24) is 15.3 Å². The topological polar surface area (TPSA) is 74.8 Å². The Hall–Kier alpha value is -2.95. The first-order valence-corrected chi connectivity index (χ1v) is 8.43. The molecule has 5 heteroatoms. The maximum atomic E-state index is 12.1. The molecule has 0 fully saturated rings. The quantitative estimate of drug-likeness (QED) is 0.727. The summed E-state index contributed by atoms with van der Waals surface area (Å²) in [4.78, 5) is 31.3. The van der Waals surface area contributed by atoms with Crippen molar-refractivity contribution in [3.63, 3.8) is 0 Å². The summed E-state index contributed by atoms with van der Waals surface area (Å²) in [6.07, 6.45) is 0.703. The van der Waals surface area contributed by atoms with Gasteiger partial charge in [0.25, 0.3) is 5.56 Å². The number of aromatic nitrogens is 2. The van der Waals surface area contributed by atoms with Crippen LogP contribution in [0.4, 0.5) is 0 Å². The van der Waals surface area contributed by atoms with Gasteiger partial charge < -0.3 is 10.3 Å². The van der Waals surface area contributed by atoms with E-state index in [0.29, 0.717) is 36.1 Å². The third-order valence-electron chi connectivity index (χ3n) is 4.22. The lowest BCUT2D eigenvalue weighted by molar-refractivity contribution is -0.121. The van der Waals surface area contributed by atoms with Crippen LogP contribution in [0.25, 0.3) is 10.9 Å². The first kappa shape index (κ1) is 16.9. The Morgan fingerprint density at radius 1 is 1.12 bits per heavy atom. The lowest BCUT2D eigenvalue weighted by atomic mass is 10.0. The monoisotopic (exact) mass is 335 g/mol. The molecule has 3 aromatic rings. The highest BCUT2D eigenvalue weighted by Crippen LogP contribution is 2.13. The Kier molecular flexibility index (Phi) is 5.23. The van der Waals surface area contributed by atoms with Crippen molar-refractivity contribution in [3.05, 3.63) is 76.3 Å². The van der Waals surface area contributed by atoms with Gasteiger partial charge in [-0.2, -0.15) is 0 Å². The zero-order chi connectivity index (χ0) is 17.6. The highest BCUT2D eigenvalue weighted by atomic mass is 16.1. The molecule has 0 bridgehead atoms. The van der Waals surface area contributed by atoms with Gasteiger partial charge in [-0.1, -0.05) is 49.4 Å². The predicted molar refractivity (Wildman–Crippen MR) is 98.6 cm³/mol. The molecule has 3 rings (SSSR count). The summed E-state index contributed by atoms with van der Waals surface area (Å²) in [6.45, 7) is 2.67. The van der Waals surface area contributed by atoms with Gasteiger partial charge in [0, 0.05) is 19.4 Å². The molecule has 1 unspecified atom stereocenters. The van der Waals surface area contributed by atoms with E-state index in [1.54, 1.807) is 18.2 Å². The van der Waals surface area contributed by atoms with E-state index in [-0.39, 0.29) is 17.4 Å². The SMILES string of the molecule is CC(CNC(=O)CCc1nc2ccccc2c(=O)[nH]1)c1ccccc1. The first-order chi connectivity index (χ1) is 12.1. The number of hydrogen-bond donors (Lipinski definition) is 2. The fraction of sp³-hybridized carbons (Fsp3) is 0.250. The fourth-order valence-electron chi connectivity index (χ4n) is 2.74. The van der Waals surface area contributed by atoms with E-state index in [0.717, 1.165) is 0 Å². The van der Waals surface area contributed by atoms with Crippen molar-refractivity contribution in [2.24, 2.45) is 0 Å². The molecule has 1 amide bonds. The average molecular weight is 335 g/mol. The number of amides is 1. The number of fused-ring (bicyclic) bond motifs is 1. The molecule has 128 valence electrons. The van der Waals surface area contributed by atoms with Crippen molar-refractivity contribution >= 4 is 16.8 Å². The van der Waals surface area contributed by atoms with Gasteiger partial charge >= 0.3 is 0 Å². The molecule has 0 radical (unpaired) electrons. The summed E-state index contributed by atoms with van der Waals surface area (Å²) in [5, 5.41) is 3.51. The molecular formula is C20H21N3O2. The van der Waals surface area contributed by atoms with Gasteiger partial charge in [-0.15, -0.1) is 0 Å². The molecule has 0 aliphatic rings. The Morgan fingerprint density at radius 2 is 1.84 bits per heavy atom. The van der Waals surface area contributed by atoms with E-state index in [4.69, 9.17) is 0 Å². The minimum atomic E-state index is -0.168. The number of carbonyl (C=O) groups excluding carboxylic acids is 1. The summed E-state index contributed by atoms with van der Waals surface area (Å²) in [7, 11) is 0. The summed E-state index contributed by atoms with van der Waals surface area (Å²) < 4.78 is 0. The van der Waals surface area contributed by atoms with Crippen LogP contribution in [0.1, 0.15) is 30.7 Å². The second-order valence-electron chi connectivity index (χ2n) is 6.15. The highest BCUT2D eigenvalue weighted by Gasteiger charge is 2.09. The minimum absolute atomic E-state index is 0.0430. The Labute approximate surface area is 146 Å². The van der Waals surface area contributed by atoms with E-state index < -0.39 is 0 Å². The Morgan fingerprint density at radius 3 is 2.64 bits per heavy atom. The average Bonchev–Trinajstić information content (AvgIpc) is 2.65. The van der Waals surface area contributed by atoms with Crippen molar-refractivity contribution < 1.29 is 4.79 Å². The van der Waals surface area contributed by atoms with Gasteiger partial charge in [-0.25, -0.2) is 4.98 Å². The molecule has 2 N–H and O–H groups in total. The standard InChI is InChI=1S/C20H21N3O2/c1-14(15-7-3-2-4-8-15)13-21-19(24)12-11-18-22-17-10-6-5-9-16(17)20(25)23-18/h2-10,14H,11-13H2,1H3,(H,21,24)(H,22,23,25). The van der Waals surface area contributed by atoms with E-state index >= 15 is 0 Å². The normalized spacial score (nSPS) is 12.0. The number of hydrogen-bond acceptors (Lipinski definition) is 3. The summed E-state index contributed by atoms with van der Waals surface area (Å²) in [5.74, 6) is 0.747. The lowest BCUT2D eigenvalue weighted by Crippen LogP contribution is -2.28. The molecule has 1 heterocycles. The van der Waals surface area contributed by atoms with Crippen LogP contribution in [0, 0.1) is 0 Å². The van der Waals surface area contributed by atoms with Crippen LogP contribution in [0.5, 0.6) is 0 Å². The van der Waals surface area contributed by atoms with Crippen LogP contribution in [0.2, 0.25) is 0 Å². The number of para-hydroxylation sites is 1. The number of benzene rings is 2. The molecule has 5 nitrogen and oxygen atoms in total. The highest BCUT2D eigenvalue weighted by molar-refractivity contribution is 5.78. The van der Waals surface area contributed by atoms with Crippen molar-refractivity contribution in [3.8, 4) is 0 Å². The lowest BCUT2D eigenvalue weighted by Gasteiger charge is -2.13. The van der Waals surface area contributed by atoms with Gasteiger partial charge in [0.2, 0.25) is 5.91 Å². The van der Waals surface area contributed by atoms with Crippen LogP contribution in [0.3, 0.4) is 0 Å². The number of nitrogens with zero attached hydrogens (tertiary/aromatic N) is 1. The van der Waals surface area contributed by atoms with Crippen LogP contribution in [0.15, 0.2) is 59.4 Å². The van der Waals surface area contributed by atoms with Crippen LogP contribution < -0.4 is 10.9 Å². The summed E-state index contributed by atoms with van der Waals surface area (Å²) in [5.41, 5.74) is 1.68. The zero-order valence-corrected chi connectivity index (χ0v) is 14.2. The Balaban J connectivity index is 1.55. The third kappa shape index (κ3) is 4.32. The summed E-state index contributed by atoms with van der Waals surface area (Å²) >= 11 is 0. The molecule has 0 spiro atoms. The van der Waals surface area contributed by atoms with Gasteiger partial charge in [-0.05, 0) is 23.6 Å². The number of rotatable bonds is 6. The number of aromatic amines is 1. The van der Waals surface area contributed by atoms with Gasteiger partial charge in [0.1, 0.15) is 5.82 Å². The molecule has 0 aliphatic carbocycles. The van der Waals surface area contributed by atoms with Gasteiger partial charge in [0.15, 0.2) is 0 Å². The molecule has 1 aromatic heterocycles. The van der Waals surface area contributed by atoms with Crippen molar-refractivity contribution in [1.29, 1.82) is 0 Å². The molecule has 0 aliphatic heterocycles. The third-order valence-corrected chi connectivity index (χ3v) is 4.22. The molecular weight excluding hydrogens is 314 g/mol. The van der Waals surface area contributed by atoms with E-state index in [9.17, 15) is 9.59 Å². The smallest absolute Gasteiger partial charge is 0.258 e. The van der Waals surface area contributed by atoms with Crippen molar-refractivity contribution in [2.75, 3.05) is 6.54 Å². The second kappa shape index (κ2) is 7.75. The van der Waals surface area contributed by atoms with Gasteiger partial charge in [0.05, 0.1) is 10.9 Å². The van der Waals surface area contributed by atoms with Crippen LogP contribution in [-0.4, -0.2) is 22.4 Å². The maximum absolute atomic E-state index is 12.1. The van der Waals surface area contributed by atoms with Crippen LogP contribution in [-0.2, 0) is 11.2 Å². The maximum Gasteiger partial charge on any atom is 0.258 e. The van der Waals surface area contributed by atoms with E-state index in [2.05, 4.69) is 34.3 Å². The predicted octanol–water partition coefficient (Wildman–Crippen LogP) is 2.78. The fourth-order valence-corrected chi connectivity index (χ4v) is 2.74. The van der Waals surface area contributed by atoms with Crippen molar-refractivity contribution in [2.45, 2.75) is 25.7 Å². The van der Waals surface area contributed by atoms with Crippen LogP contribution >= 0.6 is 0 Å². The molecule has 25 heavy (non-hydrogen) atoms. The number of carbonyl (C=O) groups is 1. The number of aryl methyl sites for hydroxylation is 1. The van der Waals surface area contributed by atoms with E-state index in [1.807, 2.05) is 24.3 Å².